The van der Waals surface area contributed by atoms with Crippen LogP contribution in [0.2, 0.25) is 0 Å². The lowest BCUT2D eigenvalue weighted by molar-refractivity contribution is -0.678. The molecule has 2 rings (SSSR count). The molecule has 0 N–H and O–H groups in total. The highest BCUT2D eigenvalue weighted by atomic mass is 32.2. The van der Waals surface area contributed by atoms with E-state index in [9.17, 15) is 26.1 Å². The minimum atomic E-state index is -4.51. The van der Waals surface area contributed by atoms with Crippen LogP contribution in [0.4, 0.5) is 13.2 Å². The van der Waals surface area contributed by atoms with E-state index in [1.54, 1.807) is 0 Å². The van der Waals surface area contributed by atoms with Crippen LogP contribution in [0, 0.1) is 0 Å². The molecule has 0 amide bonds. The smallest absolute Gasteiger partial charge is 0.419 e. The molecule has 0 saturated carbocycles. The largest absolute Gasteiger partial charge is 0.743 e. The second-order valence-corrected chi connectivity index (χ2v) is 5.45. The Labute approximate surface area is 117 Å². The lowest BCUT2D eigenvalue weighted by Gasteiger charge is -2.06. The van der Waals surface area contributed by atoms with Crippen molar-refractivity contribution in [3.63, 3.8) is 0 Å². The van der Waals surface area contributed by atoms with Gasteiger partial charge < -0.3 is 4.55 Å². The van der Waals surface area contributed by atoms with Gasteiger partial charge in [-0.15, -0.1) is 0 Å². The lowest BCUT2D eigenvalue weighted by atomic mass is 10.2. The minimum Gasteiger partial charge on any atom is -0.743 e. The van der Waals surface area contributed by atoms with E-state index >= 15 is 0 Å². The van der Waals surface area contributed by atoms with Crippen LogP contribution in [0.5, 0.6) is 0 Å². The van der Waals surface area contributed by atoms with Crippen LogP contribution in [-0.2, 0) is 22.2 Å². The topological polar surface area (TPSA) is 86.9 Å². The van der Waals surface area contributed by atoms with Gasteiger partial charge in [-0.3, -0.25) is 0 Å². The van der Waals surface area contributed by atoms with Gasteiger partial charge in [0.1, 0.15) is 0 Å². The zero-order valence-electron chi connectivity index (χ0n) is 10.3. The molecule has 0 aromatic carbocycles. The lowest BCUT2D eigenvalue weighted by Crippen LogP contribution is -2.36. The average Bonchev–Trinajstić information content (AvgIpc) is 2.37. The van der Waals surface area contributed by atoms with E-state index in [1.807, 2.05) is 0 Å². The Morgan fingerprint density at radius 2 is 1.67 bits per heavy atom. The summed E-state index contributed by atoms with van der Waals surface area (Å²) < 4.78 is 69.9. The van der Waals surface area contributed by atoms with Crippen molar-refractivity contribution in [2.75, 3.05) is 0 Å². The van der Waals surface area contributed by atoms with Gasteiger partial charge in [-0.1, -0.05) is 0 Å². The summed E-state index contributed by atoms with van der Waals surface area (Å²) in [6.45, 7) is 0. The third-order valence-electron chi connectivity index (χ3n) is 2.44. The molecule has 0 unspecified atom stereocenters. The zero-order valence-corrected chi connectivity index (χ0v) is 11.1. The fraction of sp³-hybridized carbons (Fsp3) is 0.182. The average molecular weight is 319 g/mol. The van der Waals surface area contributed by atoms with Gasteiger partial charge in [-0.25, -0.2) is 18.4 Å². The van der Waals surface area contributed by atoms with E-state index < -0.39 is 27.7 Å². The van der Waals surface area contributed by atoms with Crippen molar-refractivity contribution < 1.29 is 30.7 Å². The predicted octanol–water partition coefficient (Wildman–Crippen LogP) is 0.953. The van der Waals surface area contributed by atoms with Crippen LogP contribution in [-0.4, -0.2) is 22.9 Å². The molecular weight excluding hydrogens is 311 g/mol. The molecule has 2 heterocycles. The Bertz CT molecular complexity index is 728. The van der Waals surface area contributed by atoms with Gasteiger partial charge in [0.05, 0.1) is 5.56 Å². The van der Waals surface area contributed by atoms with E-state index in [1.165, 1.54) is 24.5 Å². The van der Waals surface area contributed by atoms with E-state index in [2.05, 4.69) is 9.97 Å². The van der Waals surface area contributed by atoms with E-state index in [0.717, 1.165) is 4.57 Å². The summed E-state index contributed by atoms with van der Waals surface area (Å²) in [6.07, 6.45) is -0.602. The van der Waals surface area contributed by atoms with Gasteiger partial charge in [0.25, 0.3) is 0 Å². The highest BCUT2D eigenvalue weighted by Gasteiger charge is 2.31. The van der Waals surface area contributed by atoms with Crippen LogP contribution in [0.15, 0.2) is 36.9 Å². The molecule has 0 bridgehead atoms. The third kappa shape index (κ3) is 4.20. The zero-order chi connectivity index (χ0) is 15.7. The number of hydrogen-bond acceptors (Lipinski definition) is 5. The van der Waals surface area contributed by atoms with Crippen molar-refractivity contribution in [3.8, 4) is 11.4 Å². The molecule has 0 spiro atoms. The molecule has 2 aromatic rings. The Hall–Kier alpha value is -2.07. The van der Waals surface area contributed by atoms with Crippen molar-refractivity contribution >= 4 is 10.1 Å². The summed E-state index contributed by atoms with van der Waals surface area (Å²) in [5.41, 5.74) is -0.571. The molecule has 0 radical (unpaired) electrons. The molecular formula is C11H8F3N3O3S. The van der Waals surface area contributed by atoms with E-state index in [0.29, 0.717) is 18.0 Å². The quantitative estimate of drug-likeness (QED) is 0.621. The van der Waals surface area contributed by atoms with Gasteiger partial charge in [-0.05, 0) is 0 Å². The van der Waals surface area contributed by atoms with Crippen LogP contribution >= 0.6 is 0 Å². The molecule has 0 atom stereocenters. The summed E-state index contributed by atoms with van der Waals surface area (Å²) >= 11 is 0. The summed E-state index contributed by atoms with van der Waals surface area (Å²) in [4.78, 5) is 7.20. The number of pyridine rings is 1. The highest BCUT2D eigenvalue weighted by Crippen LogP contribution is 2.28. The van der Waals surface area contributed by atoms with Gasteiger partial charge >= 0.3 is 6.18 Å². The summed E-state index contributed by atoms with van der Waals surface area (Å²) in [5, 5.41) is 0. The van der Waals surface area contributed by atoms with Crippen LogP contribution in [0.1, 0.15) is 5.56 Å². The minimum absolute atomic E-state index is 0.0557. The number of nitrogens with zero attached hydrogens (tertiary/aromatic N) is 3. The molecule has 112 valence electrons. The maximum atomic E-state index is 12.4. The molecule has 0 fully saturated rings. The van der Waals surface area contributed by atoms with Crippen molar-refractivity contribution in [3.05, 3.63) is 42.5 Å². The maximum Gasteiger partial charge on any atom is 0.419 e. The Morgan fingerprint density at radius 3 is 2.10 bits per heavy atom. The van der Waals surface area contributed by atoms with Crippen molar-refractivity contribution in [2.45, 2.75) is 12.1 Å². The van der Waals surface area contributed by atoms with Crippen molar-refractivity contribution in [1.82, 2.24) is 9.97 Å². The van der Waals surface area contributed by atoms with Gasteiger partial charge in [0.2, 0.25) is 5.88 Å². The first-order chi connectivity index (χ1) is 9.65. The molecule has 0 aliphatic heterocycles. The summed E-state index contributed by atoms with van der Waals surface area (Å²) in [7, 11) is -4.42. The first-order valence-electron chi connectivity index (χ1n) is 5.47. The van der Waals surface area contributed by atoms with E-state index in [-0.39, 0.29) is 5.82 Å². The fourth-order valence-electron chi connectivity index (χ4n) is 1.50. The van der Waals surface area contributed by atoms with Gasteiger partial charge in [0.15, 0.2) is 28.3 Å². The molecule has 2 aromatic heterocycles. The molecule has 0 aliphatic rings. The summed E-state index contributed by atoms with van der Waals surface area (Å²) in [6, 6.07) is 2.79. The second-order valence-electron chi connectivity index (χ2n) is 4.08. The third-order valence-corrected chi connectivity index (χ3v) is 3.05. The molecule has 0 saturated heterocycles. The predicted molar refractivity (Wildman–Crippen MR) is 62.4 cm³/mol. The number of halogens is 3. The Kier molecular flexibility index (Phi) is 3.92. The van der Waals surface area contributed by atoms with Crippen LogP contribution < -0.4 is 4.57 Å². The number of rotatable bonds is 3. The number of alkyl halides is 3. The normalized spacial score (nSPS) is 12.4. The Morgan fingerprint density at radius 1 is 1.14 bits per heavy atom. The van der Waals surface area contributed by atoms with Gasteiger partial charge in [0, 0.05) is 30.1 Å². The van der Waals surface area contributed by atoms with Crippen molar-refractivity contribution in [2.24, 2.45) is 0 Å². The monoisotopic (exact) mass is 319 g/mol. The molecule has 10 heteroatoms. The van der Waals surface area contributed by atoms with Crippen LogP contribution in [0.25, 0.3) is 11.4 Å². The number of hydrogen-bond donors (Lipinski definition) is 0. The fourth-order valence-corrected chi connectivity index (χ4v) is 2.04. The Balaban J connectivity index is 2.23. The molecule has 21 heavy (non-hydrogen) atoms. The first-order valence-corrected chi connectivity index (χ1v) is 7.05. The second kappa shape index (κ2) is 5.37. The van der Waals surface area contributed by atoms with Gasteiger partial charge in [-0.2, -0.15) is 17.7 Å². The first kappa shape index (κ1) is 15.3. The van der Waals surface area contributed by atoms with Crippen molar-refractivity contribution in [1.29, 1.82) is 0 Å². The number of aromatic nitrogens is 3. The van der Waals surface area contributed by atoms with E-state index in [4.69, 9.17) is 0 Å². The molecule has 0 aliphatic carbocycles. The van der Waals surface area contributed by atoms with Crippen LogP contribution in [0.3, 0.4) is 0 Å². The summed E-state index contributed by atoms with van der Waals surface area (Å²) in [5.74, 6) is -0.679. The maximum absolute atomic E-state index is 12.4. The SMILES string of the molecule is O=S(=O)([O-])C[n+]1ccc(-c2ncc(C(F)(F)F)cn2)cc1. The highest BCUT2D eigenvalue weighted by molar-refractivity contribution is 7.84. The standard InChI is InChI=1S/C11H8F3N3O3S/c12-11(13,14)9-5-15-10(16-6-9)8-1-3-17(4-2-8)7-21(18,19)20/h1-6H,7H2. The molecule has 6 nitrogen and oxygen atoms in total.